The summed E-state index contributed by atoms with van der Waals surface area (Å²) < 4.78 is 5.49. The quantitative estimate of drug-likeness (QED) is 0.750. The van der Waals surface area contributed by atoms with Gasteiger partial charge in [-0.05, 0) is 55.8 Å². The van der Waals surface area contributed by atoms with Crippen molar-refractivity contribution in [2.45, 2.75) is 32.2 Å². The summed E-state index contributed by atoms with van der Waals surface area (Å²) in [5, 5.41) is 0. The first-order valence-corrected chi connectivity index (χ1v) is 11.2. The van der Waals surface area contributed by atoms with Crippen molar-refractivity contribution in [1.29, 1.82) is 0 Å². The van der Waals surface area contributed by atoms with Gasteiger partial charge in [-0.25, -0.2) is 0 Å². The van der Waals surface area contributed by atoms with Crippen LogP contribution >= 0.6 is 0 Å². The number of rotatable bonds is 5. The second-order valence-corrected chi connectivity index (χ2v) is 8.34. The highest BCUT2D eigenvalue weighted by Crippen LogP contribution is 2.28. The number of carbonyl (C=O) groups excluding carboxylic acids is 1. The van der Waals surface area contributed by atoms with Gasteiger partial charge < -0.3 is 14.5 Å². The Morgan fingerprint density at radius 1 is 0.833 bits per heavy atom. The number of amides is 1. The predicted molar refractivity (Wildman–Crippen MR) is 121 cm³/mol. The van der Waals surface area contributed by atoms with Crippen molar-refractivity contribution in [3.63, 3.8) is 0 Å². The second-order valence-electron chi connectivity index (χ2n) is 8.34. The molecule has 0 bridgehead atoms. The first kappa shape index (κ1) is 20.7. The van der Waals surface area contributed by atoms with Gasteiger partial charge in [0.05, 0.1) is 12.8 Å². The Balaban J connectivity index is 1.32. The van der Waals surface area contributed by atoms with Gasteiger partial charge in [0.15, 0.2) is 0 Å². The number of methoxy groups -OCH3 is 1. The van der Waals surface area contributed by atoms with Gasteiger partial charge in [0.25, 0.3) is 5.91 Å². The van der Waals surface area contributed by atoms with Gasteiger partial charge in [-0.2, -0.15) is 0 Å². The molecule has 0 unspecified atom stereocenters. The number of anilines is 1. The van der Waals surface area contributed by atoms with E-state index in [2.05, 4.69) is 28.0 Å². The van der Waals surface area contributed by atoms with Gasteiger partial charge in [-0.15, -0.1) is 0 Å². The second kappa shape index (κ2) is 9.98. The van der Waals surface area contributed by atoms with Crippen molar-refractivity contribution >= 4 is 11.6 Å². The summed E-state index contributed by atoms with van der Waals surface area (Å²) >= 11 is 0. The van der Waals surface area contributed by atoms with Crippen molar-refractivity contribution < 1.29 is 9.53 Å². The molecule has 0 aliphatic carbocycles. The van der Waals surface area contributed by atoms with Crippen molar-refractivity contribution in [1.82, 2.24) is 9.80 Å². The molecule has 1 amide bonds. The molecular weight excluding hydrogens is 374 g/mol. The fraction of sp³-hybridized carbons (Fsp3) is 0.480. The third-order valence-electron chi connectivity index (χ3n) is 6.30. The van der Waals surface area contributed by atoms with E-state index in [1.165, 1.54) is 44.3 Å². The molecule has 2 heterocycles. The molecule has 30 heavy (non-hydrogen) atoms. The predicted octanol–water partition coefficient (Wildman–Crippen LogP) is 4.03. The fourth-order valence-corrected chi connectivity index (χ4v) is 4.53. The molecule has 0 N–H and O–H groups in total. The van der Waals surface area contributed by atoms with Gasteiger partial charge in [0.2, 0.25) is 0 Å². The van der Waals surface area contributed by atoms with Crippen molar-refractivity contribution in [3.8, 4) is 5.75 Å². The Hall–Kier alpha value is -2.53. The first-order chi connectivity index (χ1) is 14.7. The van der Waals surface area contributed by atoms with Crippen LogP contribution in [0.4, 0.5) is 5.69 Å². The van der Waals surface area contributed by atoms with Crippen LogP contribution in [-0.2, 0) is 6.54 Å². The maximum absolute atomic E-state index is 13.0. The van der Waals surface area contributed by atoms with E-state index in [-0.39, 0.29) is 5.91 Å². The Morgan fingerprint density at radius 2 is 1.50 bits per heavy atom. The molecule has 160 valence electrons. The largest absolute Gasteiger partial charge is 0.495 e. The summed E-state index contributed by atoms with van der Waals surface area (Å²) in [5.41, 5.74) is 3.19. The van der Waals surface area contributed by atoms with E-state index in [1.807, 2.05) is 35.2 Å². The summed E-state index contributed by atoms with van der Waals surface area (Å²) in [5.74, 6) is 1.02. The van der Waals surface area contributed by atoms with Crippen LogP contribution < -0.4 is 9.64 Å². The monoisotopic (exact) mass is 407 g/mol. The molecule has 0 aromatic heterocycles. The van der Waals surface area contributed by atoms with Crippen molar-refractivity contribution in [2.75, 3.05) is 51.3 Å². The maximum Gasteiger partial charge on any atom is 0.253 e. The minimum Gasteiger partial charge on any atom is -0.495 e. The average molecular weight is 408 g/mol. The number of nitrogens with zero attached hydrogens (tertiary/aromatic N) is 3. The number of ether oxygens (including phenoxy) is 1. The maximum atomic E-state index is 13.0. The lowest BCUT2D eigenvalue weighted by Crippen LogP contribution is -2.48. The number of likely N-dealkylation sites (tertiary alicyclic amines) is 1. The normalized spacial score (nSPS) is 18.2. The summed E-state index contributed by atoms with van der Waals surface area (Å²) in [6.07, 6.45) is 5.32. The SMILES string of the molecule is COc1ccccc1N1CCN(C(=O)c2ccc(CN3CCCCCC3)cc2)CC1. The molecule has 2 saturated heterocycles. The Morgan fingerprint density at radius 3 is 2.17 bits per heavy atom. The number of hydrogen-bond acceptors (Lipinski definition) is 4. The smallest absolute Gasteiger partial charge is 0.253 e. The number of hydrogen-bond donors (Lipinski definition) is 0. The first-order valence-electron chi connectivity index (χ1n) is 11.2. The standard InChI is InChI=1S/C25H33N3O2/c1-30-24-9-5-4-8-23(24)27-16-18-28(19-17-27)25(29)22-12-10-21(11-13-22)20-26-14-6-2-3-7-15-26/h4-5,8-13H,2-3,6-7,14-20H2,1H3. The van der Waals surface area contributed by atoms with Crippen LogP contribution in [0.5, 0.6) is 5.75 Å². The highest BCUT2D eigenvalue weighted by atomic mass is 16.5. The topological polar surface area (TPSA) is 36.0 Å². The highest BCUT2D eigenvalue weighted by molar-refractivity contribution is 5.94. The van der Waals surface area contributed by atoms with Gasteiger partial charge in [-0.3, -0.25) is 9.69 Å². The molecule has 2 aliphatic rings. The van der Waals surface area contributed by atoms with Crippen LogP contribution in [-0.4, -0.2) is 62.1 Å². The van der Waals surface area contributed by atoms with Crippen LogP contribution in [0.25, 0.3) is 0 Å². The summed E-state index contributed by atoms with van der Waals surface area (Å²) in [6.45, 7) is 6.47. The average Bonchev–Trinajstić information content (AvgIpc) is 3.08. The van der Waals surface area contributed by atoms with E-state index in [4.69, 9.17) is 4.74 Å². The van der Waals surface area contributed by atoms with E-state index in [0.29, 0.717) is 0 Å². The summed E-state index contributed by atoms with van der Waals surface area (Å²) in [7, 11) is 1.70. The molecule has 2 aliphatic heterocycles. The van der Waals surface area contributed by atoms with E-state index in [9.17, 15) is 4.79 Å². The zero-order chi connectivity index (χ0) is 20.8. The lowest BCUT2D eigenvalue weighted by Gasteiger charge is -2.36. The third-order valence-corrected chi connectivity index (χ3v) is 6.30. The number of benzene rings is 2. The molecule has 0 radical (unpaired) electrons. The summed E-state index contributed by atoms with van der Waals surface area (Å²) in [6, 6.07) is 16.3. The van der Waals surface area contributed by atoms with Crippen LogP contribution in [0.1, 0.15) is 41.6 Å². The van der Waals surface area contributed by atoms with Gasteiger partial charge in [-0.1, -0.05) is 37.1 Å². The van der Waals surface area contributed by atoms with Gasteiger partial charge >= 0.3 is 0 Å². The summed E-state index contributed by atoms with van der Waals surface area (Å²) in [4.78, 5) is 19.8. The zero-order valence-corrected chi connectivity index (χ0v) is 18.1. The third kappa shape index (κ3) is 4.96. The van der Waals surface area contributed by atoms with E-state index >= 15 is 0 Å². The van der Waals surface area contributed by atoms with E-state index < -0.39 is 0 Å². The van der Waals surface area contributed by atoms with Gasteiger partial charge in [0, 0.05) is 38.3 Å². The number of carbonyl (C=O) groups is 1. The number of para-hydroxylation sites is 2. The molecule has 2 fully saturated rings. The van der Waals surface area contributed by atoms with Crippen molar-refractivity contribution in [2.24, 2.45) is 0 Å². The van der Waals surface area contributed by atoms with Crippen LogP contribution in [0.2, 0.25) is 0 Å². The molecule has 2 aromatic rings. The van der Waals surface area contributed by atoms with Crippen LogP contribution in [0, 0.1) is 0 Å². The van der Waals surface area contributed by atoms with E-state index in [0.717, 1.165) is 49.7 Å². The molecule has 0 spiro atoms. The van der Waals surface area contributed by atoms with Crippen LogP contribution in [0.15, 0.2) is 48.5 Å². The molecule has 2 aromatic carbocycles. The number of piperazine rings is 1. The fourth-order valence-electron chi connectivity index (χ4n) is 4.53. The van der Waals surface area contributed by atoms with Gasteiger partial charge in [0.1, 0.15) is 5.75 Å². The zero-order valence-electron chi connectivity index (χ0n) is 18.1. The minimum atomic E-state index is 0.135. The Bertz CT molecular complexity index is 821. The Labute approximate surface area is 180 Å². The van der Waals surface area contributed by atoms with Crippen LogP contribution in [0.3, 0.4) is 0 Å². The molecule has 5 nitrogen and oxygen atoms in total. The molecule has 0 saturated carbocycles. The molecular formula is C25H33N3O2. The molecule has 4 rings (SSSR count). The van der Waals surface area contributed by atoms with Crippen molar-refractivity contribution in [3.05, 3.63) is 59.7 Å². The Kier molecular flexibility index (Phi) is 6.90. The molecule has 5 heteroatoms. The molecule has 0 atom stereocenters. The lowest BCUT2D eigenvalue weighted by molar-refractivity contribution is 0.0746. The lowest BCUT2D eigenvalue weighted by atomic mass is 10.1. The van der Waals surface area contributed by atoms with E-state index in [1.54, 1.807) is 7.11 Å². The minimum absolute atomic E-state index is 0.135. The highest BCUT2D eigenvalue weighted by Gasteiger charge is 2.23.